The average Bonchev–Trinajstić information content (AvgIpc) is 2.27. The molecule has 0 aliphatic rings. The third-order valence-electron chi connectivity index (χ3n) is 2.22. The van der Waals surface area contributed by atoms with E-state index in [4.69, 9.17) is 5.11 Å². The Morgan fingerprint density at radius 1 is 1.50 bits per heavy atom. The number of aryl methyl sites for hydroxylation is 1. The SMILES string of the molecule is CCc1cc(C(=O)O)cc(OC(C)C(F)(F)F)n1. The summed E-state index contributed by atoms with van der Waals surface area (Å²) in [4.78, 5) is 14.6. The zero-order valence-electron chi connectivity index (χ0n) is 9.78. The van der Waals surface area contributed by atoms with Gasteiger partial charge in [0.25, 0.3) is 0 Å². The van der Waals surface area contributed by atoms with Crippen LogP contribution in [0.4, 0.5) is 13.2 Å². The first-order chi connectivity index (χ1) is 8.24. The Morgan fingerprint density at radius 3 is 2.56 bits per heavy atom. The number of alkyl halides is 3. The highest BCUT2D eigenvalue weighted by Crippen LogP contribution is 2.24. The van der Waals surface area contributed by atoms with Gasteiger partial charge in [-0.2, -0.15) is 13.2 Å². The largest absolute Gasteiger partial charge is 0.478 e. The minimum atomic E-state index is -4.52. The highest BCUT2D eigenvalue weighted by Gasteiger charge is 2.38. The van der Waals surface area contributed by atoms with Crippen molar-refractivity contribution in [3.05, 3.63) is 23.4 Å². The maximum Gasteiger partial charge on any atom is 0.425 e. The lowest BCUT2D eigenvalue weighted by atomic mass is 10.2. The van der Waals surface area contributed by atoms with Gasteiger partial charge < -0.3 is 9.84 Å². The number of nitrogens with zero attached hydrogens (tertiary/aromatic N) is 1. The van der Waals surface area contributed by atoms with Crippen LogP contribution in [0.25, 0.3) is 0 Å². The van der Waals surface area contributed by atoms with E-state index >= 15 is 0 Å². The summed E-state index contributed by atoms with van der Waals surface area (Å²) in [7, 11) is 0. The predicted octanol–water partition coefficient (Wildman–Crippen LogP) is 2.67. The molecule has 0 fully saturated rings. The lowest BCUT2D eigenvalue weighted by Gasteiger charge is -2.17. The Bertz CT molecular complexity index is 446. The van der Waals surface area contributed by atoms with Crippen LogP contribution in [0.5, 0.6) is 5.88 Å². The summed E-state index contributed by atoms with van der Waals surface area (Å²) in [6.07, 6.45) is -6.16. The normalized spacial score (nSPS) is 13.2. The number of carboxylic acids is 1. The molecule has 1 atom stereocenters. The third kappa shape index (κ3) is 3.61. The number of hydrogen-bond donors (Lipinski definition) is 1. The van der Waals surface area contributed by atoms with Crippen molar-refractivity contribution < 1.29 is 27.8 Å². The van der Waals surface area contributed by atoms with E-state index < -0.39 is 18.2 Å². The summed E-state index contributed by atoms with van der Waals surface area (Å²) in [5.74, 6) is -1.58. The van der Waals surface area contributed by atoms with Crippen molar-refractivity contribution in [1.29, 1.82) is 0 Å². The van der Waals surface area contributed by atoms with Crippen LogP contribution in [-0.2, 0) is 6.42 Å². The fourth-order valence-corrected chi connectivity index (χ4v) is 1.17. The number of aromatic nitrogens is 1. The molecule has 1 aromatic heterocycles. The molecule has 100 valence electrons. The van der Waals surface area contributed by atoms with Gasteiger partial charge in [-0.15, -0.1) is 0 Å². The topological polar surface area (TPSA) is 59.4 Å². The molecule has 0 radical (unpaired) electrons. The van der Waals surface area contributed by atoms with Crippen LogP contribution in [0.1, 0.15) is 29.9 Å². The smallest absolute Gasteiger partial charge is 0.425 e. The summed E-state index contributed by atoms with van der Waals surface area (Å²) in [5, 5.41) is 8.82. The molecule has 4 nitrogen and oxygen atoms in total. The number of halogens is 3. The van der Waals surface area contributed by atoms with E-state index in [-0.39, 0.29) is 11.4 Å². The Kier molecular flexibility index (Phi) is 4.15. The number of carboxylic acid groups (broad SMARTS) is 1. The first-order valence-electron chi connectivity index (χ1n) is 5.21. The molecule has 18 heavy (non-hydrogen) atoms. The molecule has 0 aliphatic carbocycles. The molecule has 7 heteroatoms. The number of ether oxygens (including phenoxy) is 1. The molecule has 0 aromatic carbocycles. The Morgan fingerprint density at radius 2 is 2.11 bits per heavy atom. The summed E-state index contributed by atoms with van der Waals surface area (Å²) >= 11 is 0. The summed E-state index contributed by atoms with van der Waals surface area (Å²) in [6.45, 7) is 2.55. The monoisotopic (exact) mass is 263 g/mol. The standard InChI is InChI=1S/C11H12F3NO3/c1-3-8-4-7(10(16)17)5-9(15-8)18-6(2)11(12,13)14/h4-6H,3H2,1-2H3,(H,16,17). The van der Waals surface area contributed by atoms with Gasteiger partial charge in [-0.1, -0.05) is 6.92 Å². The molecule has 1 aromatic rings. The number of pyridine rings is 1. The highest BCUT2D eigenvalue weighted by atomic mass is 19.4. The summed E-state index contributed by atoms with van der Waals surface area (Å²) in [6, 6.07) is 2.27. The van der Waals surface area contributed by atoms with Crippen LogP contribution in [0.15, 0.2) is 12.1 Å². The molecule has 0 saturated heterocycles. The summed E-state index contributed by atoms with van der Waals surface area (Å²) in [5.41, 5.74) is 0.213. The quantitative estimate of drug-likeness (QED) is 0.907. The molecule has 0 saturated carbocycles. The van der Waals surface area contributed by atoms with E-state index in [1.807, 2.05) is 0 Å². The van der Waals surface area contributed by atoms with Crippen molar-refractivity contribution in [1.82, 2.24) is 4.98 Å². The minimum Gasteiger partial charge on any atom is -0.478 e. The fourth-order valence-electron chi connectivity index (χ4n) is 1.17. The zero-order chi connectivity index (χ0) is 13.9. The average molecular weight is 263 g/mol. The third-order valence-corrected chi connectivity index (χ3v) is 2.22. The van der Waals surface area contributed by atoms with Crippen LogP contribution in [0, 0.1) is 0 Å². The first kappa shape index (κ1) is 14.3. The number of rotatable bonds is 4. The Balaban J connectivity index is 3.02. The first-order valence-corrected chi connectivity index (χ1v) is 5.21. The van der Waals surface area contributed by atoms with Gasteiger partial charge in [-0.3, -0.25) is 0 Å². The second kappa shape index (κ2) is 5.24. The lowest BCUT2D eigenvalue weighted by Crippen LogP contribution is -2.31. The van der Waals surface area contributed by atoms with Gasteiger partial charge in [-0.05, 0) is 19.4 Å². The zero-order valence-corrected chi connectivity index (χ0v) is 9.78. The van der Waals surface area contributed by atoms with Crippen molar-refractivity contribution in [2.75, 3.05) is 0 Å². The van der Waals surface area contributed by atoms with Gasteiger partial charge >= 0.3 is 12.1 Å². The maximum atomic E-state index is 12.3. The molecular weight excluding hydrogens is 251 g/mol. The van der Waals surface area contributed by atoms with E-state index in [1.165, 1.54) is 6.07 Å². The minimum absolute atomic E-state index is 0.147. The van der Waals surface area contributed by atoms with Gasteiger partial charge in [-0.25, -0.2) is 9.78 Å². The van der Waals surface area contributed by atoms with Gasteiger partial charge in [0.15, 0.2) is 6.10 Å². The van der Waals surface area contributed by atoms with E-state index in [0.717, 1.165) is 13.0 Å². The highest BCUT2D eigenvalue weighted by molar-refractivity contribution is 5.88. The van der Waals surface area contributed by atoms with E-state index in [9.17, 15) is 18.0 Å². The van der Waals surface area contributed by atoms with Crippen LogP contribution in [0.2, 0.25) is 0 Å². The molecule has 0 amide bonds. The van der Waals surface area contributed by atoms with Crippen molar-refractivity contribution >= 4 is 5.97 Å². The maximum absolute atomic E-state index is 12.3. The van der Waals surface area contributed by atoms with Crippen LogP contribution in [0.3, 0.4) is 0 Å². The van der Waals surface area contributed by atoms with E-state index in [0.29, 0.717) is 12.1 Å². The molecule has 1 unspecified atom stereocenters. The molecule has 1 N–H and O–H groups in total. The molecule has 1 rings (SSSR count). The molecule has 0 aliphatic heterocycles. The van der Waals surface area contributed by atoms with Crippen LogP contribution in [-0.4, -0.2) is 28.3 Å². The van der Waals surface area contributed by atoms with Gasteiger partial charge in [0.1, 0.15) is 0 Å². The van der Waals surface area contributed by atoms with Crippen LogP contribution >= 0.6 is 0 Å². The van der Waals surface area contributed by atoms with E-state index in [2.05, 4.69) is 9.72 Å². The number of hydrogen-bond acceptors (Lipinski definition) is 3. The summed E-state index contributed by atoms with van der Waals surface area (Å²) < 4.78 is 41.5. The van der Waals surface area contributed by atoms with Gasteiger partial charge in [0, 0.05) is 11.8 Å². The second-order valence-corrected chi connectivity index (χ2v) is 3.65. The molecule has 0 bridgehead atoms. The van der Waals surface area contributed by atoms with Crippen molar-refractivity contribution in [2.24, 2.45) is 0 Å². The number of aromatic carboxylic acids is 1. The second-order valence-electron chi connectivity index (χ2n) is 3.65. The van der Waals surface area contributed by atoms with Gasteiger partial charge in [0.05, 0.1) is 5.56 Å². The molecular formula is C11H12F3NO3. The Labute approximate surface area is 101 Å². The van der Waals surface area contributed by atoms with Crippen molar-refractivity contribution in [2.45, 2.75) is 32.5 Å². The van der Waals surface area contributed by atoms with E-state index in [1.54, 1.807) is 6.92 Å². The molecule has 0 spiro atoms. The molecule has 1 heterocycles. The Hall–Kier alpha value is -1.79. The lowest BCUT2D eigenvalue weighted by molar-refractivity contribution is -0.190. The van der Waals surface area contributed by atoms with Crippen molar-refractivity contribution in [3.63, 3.8) is 0 Å². The van der Waals surface area contributed by atoms with Gasteiger partial charge in [0.2, 0.25) is 5.88 Å². The van der Waals surface area contributed by atoms with Crippen molar-refractivity contribution in [3.8, 4) is 5.88 Å². The fraction of sp³-hybridized carbons (Fsp3) is 0.455. The number of carbonyl (C=O) groups is 1. The predicted molar refractivity (Wildman–Crippen MR) is 56.7 cm³/mol. The van der Waals surface area contributed by atoms with Crippen LogP contribution < -0.4 is 4.74 Å².